The maximum absolute atomic E-state index is 11.5. The Morgan fingerprint density at radius 1 is 1.00 bits per heavy atom. The predicted molar refractivity (Wildman–Crippen MR) is 71.2 cm³/mol. The molecule has 4 unspecified atom stereocenters. The number of carbonyl (C=O) groups is 2. The van der Waals surface area contributed by atoms with Crippen molar-refractivity contribution in [1.82, 2.24) is 0 Å². The number of rotatable bonds is 6. The lowest BCUT2D eigenvalue weighted by Crippen LogP contribution is -2.32. The maximum Gasteiger partial charge on any atom is 0.0879 e. The van der Waals surface area contributed by atoms with Crippen LogP contribution in [0.4, 0.5) is 0 Å². The van der Waals surface area contributed by atoms with Crippen molar-refractivity contribution in [1.29, 1.82) is 0 Å². The molecule has 6 heteroatoms. The minimum Gasteiger partial charge on any atom is -0.545 e. The highest BCUT2D eigenvalue weighted by molar-refractivity contribution is 6.01. The molecular weight excluding hydrogens is 288 g/mol. The molecule has 2 aliphatic rings. The van der Waals surface area contributed by atoms with Crippen LogP contribution in [-0.4, -0.2) is 36.4 Å². The second-order valence-electron chi connectivity index (χ2n) is 5.87. The maximum atomic E-state index is 11.5. The summed E-state index contributed by atoms with van der Waals surface area (Å²) in [4.78, 5) is 22.7. The average molecular weight is 304 g/mol. The van der Waals surface area contributed by atoms with Gasteiger partial charge in [-0.2, -0.15) is 0 Å². The SMILES string of the molecule is CC1OC1Cc1ccc(C(=O)[O-])c(C(=O)[O-])c1CC1OC1C. The Kier molecular flexibility index (Phi) is 3.66. The Bertz CT molecular complexity index is 638. The zero-order valence-corrected chi connectivity index (χ0v) is 12.3. The van der Waals surface area contributed by atoms with E-state index in [0.29, 0.717) is 18.4 Å². The van der Waals surface area contributed by atoms with Gasteiger partial charge in [-0.3, -0.25) is 0 Å². The average Bonchev–Trinajstić information content (AvgIpc) is 3.31. The first-order valence-electron chi connectivity index (χ1n) is 7.26. The van der Waals surface area contributed by atoms with Crippen molar-refractivity contribution in [3.8, 4) is 0 Å². The number of aromatic carboxylic acids is 2. The van der Waals surface area contributed by atoms with E-state index in [1.54, 1.807) is 6.07 Å². The Morgan fingerprint density at radius 3 is 2.00 bits per heavy atom. The largest absolute Gasteiger partial charge is 0.545 e. The van der Waals surface area contributed by atoms with Gasteiger partial charge in [-0.05, 0) is 25.0 Å². The third kappa shape index (κ3) is 2.84. The van der Waals surface area contributed by atoms with Crippen LogP contribution in [0, 0.1) is 0 Å². The smallest absolute Gasteiger partial charge is 0.0879 e. The van der Waals surface area contributed by atoms with Crippen molar-refractivity contribution in [2.75, 3.05) is 0 Å². The fourth-order valence-electron chi connectivity index (χ4n) is 2.83. The van der Waals surface area contributed by atoms with Crippen LogP contribution in [0.15, 0.2) is 12.1 Å². The molecule has 2 fully saturated rings. The Labute approximate surface area is 127 Å². The minimum atomic E-state index is -1.52. The van der Waals surface area contributed by atoms with Crippen molar-refractivity contribution in [2.45, 2.75) is 51.1 Å². The zero-order valence-electron chi connectivity index (χ0n) is 12.3. The van der Waals surface area contributed by atoms with E-state index in [0.717, 1.165) is 5.56 Å². The van der Waals surface area contributed by atoms with Gasteiger partial charge in [0, 0.05) is 24.0 Å². The first-order valence-corrected chi connectivity index (χ1v) is 7.26. The summed E-state index contributed by atoms with van der Waals surface area (Å²) in [5.74, 6) is -3.03. The molecule has 0 saturated carbocycles. The van der Waals surface area contributed by atoms with Gasteiger partial charge in [0.1, 0.15) is 0 Å². The Hall–Kier alpha value is -1.92. The van der Waals surface area contributed by atoms with Crippen LogP contribution in [0.3, 0.4) is 0 Å². The van der Waals surface area contributed by atoms with Gasteiger partial charge in [0.25, 0.3) is 0 Å². The van der Waals surface area contributed by atoms with Crippen molar-refractivity contribution < 1.29 is 29.3 Å². The number of ether oxygens (including phenoxy) is 2. The zero-order chi connectivity index (χ0) is 16.0. The number of carbonyl (C=O) groups excluding carboxylic acids is 2. The molecule has 2 aliphatic heterocycles. The normalized spacial score (nSPS) is 29.2. The molecule has 0 aromatic heterocycles. The third-order valence-electron chi connectivity index (χ3n) is 4.33. The standard InChI is InChI=1S/C16H18O6/c1-7-12(21-7)5-9-3-4-10(15(17)18)14(16(19)20)11(9)6-13-8(2)22-13/h3-4,7-8,12-13H,5-6H2,1-2H3,(H,17,18)(H,19,20)/p-2. The second kappa shape index (κ2) is 5.37. The van der Waals surface area contributed by atoms with Gasteiger partial charge in [0.15, 0.2) is 0 Å². The van der Waals surface area contributed by atoms with Crippen molar-refractivity contribution in [2.24, 2.45) is 0 Å². The van der Waals surface area contributed by atoms with Crippen LogP contribution < -0.4 is 10.2 Å². The van der Waals surface area contributed by atoms with E-state index in [1.165, 1.54) is 6.07 Å². The summed E-state index contributed by atoms with van der Waals surface area (Å²) in [7, 11) is 0. The minimum absolute atomic E-state index is 0.0414. The second-order valence-corrected chi connectivity index (χ2v) is 5.87. The van der Waals surface area contributed by atoms with Gasteiger partial charge in [0.05, 0.1) is 36.4 Å². The summed E-state index contributed by atoms with van der Waals surface area (Å²) in [6.45, 7) is 3.82. The molecular formula is C16H16O6-2. The Morgan fingerprint density at radius 2 is 1.55 bits per heavy atom. The van der Waals surface area contributed by atoms with E-state index in [4.69, 9.17) is 9.47 Å². The predicted octanol–water partition coefficient (Wildman–Crippen LogP) is -0.927. The summed E-state index contributed by atoms with van der Waals surface area (Å²) in [5.41, 5.74) is 0.574. The lowest BCUT2D eigenvalue weighted by molar-refractivity contribution is -0.259. The molecule has 0 spiro atoms. The molecule has 1 aromatic rings. The van der Waals surface area contributed by atoms with Gasteiger partial charge >= 0.3 is 0 Å². The van der Waals surface area contributed by atoms with E-state index in [-0.39, 0.29) is 35.5 Å². The lowest BCUT2D eigenvalue weighted by atomic mass is 9.90. The monoisotopic (exact) mass is 304 g/mol. The third-order valence-corrected chi connectivity index (χ3v) is 4.33. The van der Waals surface area contributed by atoms with E-state index < -0.39 is 11.9 Å². The first-order chi connectivity index (χ1) is 10.4. The first kappa shape index (κ1) is 15.0. The van der Waals surface area contributed by atoms with Gasteiger partial charge < -0.3 is 29.3 Å². The highest BCUT2D eigenvalue weighted by Crippen LogP contribution is 2.33. The van der Waals surface area contributed by atoms with Crippen LogP contribution in [0.1, 0.15) is 45.7 Å². The fourth-order valence-corrected chi connectivity index (χ4v) is 2.83. The van der Waals surface area contributed by atoms with Crippen LogP contribution in [0.2, 0.25) is 0 Å². The number of epoxide rings is 2. The quantitative estimate of drug-likeness (QED) is 0.629. The molecule has 22 heavy (non-hydrogen) atoms. The van der Waals surface area contributed by atoms with E-state index in [9.17, 15) is 19.8 Å². The molecule has 1 aromatic carbocycles. The number of hydrogen-bond donors (Lipinski definition) is 0. The molecule has 2 saturated heterocycles. The van der Waals surface area contributed by atoms with Crippen LogP contribution in [0.25, 0.3) is 0 Å². The summed E-state index contributed by atoms with van der Waals surface area (Å²) >= 11 is 0. The molecule has 0 radical (unpaired) electrons. The van der Waals surface area contributed by atoms with E-state index in [1.807, 2.05) is 13.8 Å². The molecule has 0 amide bonds. The molecule has 118 valence electrons. The summed E-state index contributed by atoms with van der Waals surface area (Å²) in [5, 5.41) is 22.7. The molecule has 2 heterocycles. The summed E-state index contributed by atoms with van der Waals surface area (Å²) < 4.78 is 10.7. The molecule has 3 rings (SSSR count). The highest BCUT2D eigenvalue weighted by atomic mass is 16.6. The van der Waals surface area contributed by atoms with Crippen LogP contribution in [0.5, 0.6) is 0 Å². The highest BCUT2D eigenvalue weighted by Gasteiger charge is 2.38. The lowest BCUT2D eigenvalue weighted by Gasteiger charge is -2.19. The number of hydrogen-bond acceptors (Lipinski definition) is 6. The molecule has 0 aliphatic carbocycles. The van der Waals surface area contributed by atoms with Gasteiger partial charge in [-0.1, -0.05) is 12.1 Å². The summed E-state index contributed by atoms with van der Waals surface area (Å²) in [6.07, 6.45) is 1.03. The van der Waals surface area contributed by atoms with E-state index in [2.05, 4.69) is 0 Å². The molecule has 0 bridgehead atoms. The van der Waals surface area contributed by atoms with Gasteiger partial charge in [0.2, 0.25) is 0 Å². The van der Waals surface area contributed by atoms with Gasteiger partial charge in [-0.25, -0.2) is 0 Å². The fraction of sp³-hybridized carbons (Fsp3) is 0.500. The van der Waals surface area contributed by atoms with Crippen molar-refractivity contribution >= 4 is 11.9 Å². The van der Waals surface area contributed by atoms with E-state index >= 15 is 0 Å². The Balaban J connectivity index is 2.02. The van der Waals surface area contributed by atoms with Crippen LogP contribution >= 0.6 is 0 Å². The van der Waals surface area contributed by atoms with Crippen LogP contribution in [-0.2, 0) is 22.3 Å². The van der Waals surface area contributed by atoms with Crippen molar-refractivity contribution in [3.05, 3.63) is 34.4 Å². The number of carboxylic acid groups (broad SMARTS) is 2. The summed E-state index contributed by atoms with van der Waals surface area (Å²) in [6, 6.07) is 2.90. The number of carboxylic acids is 2. The number of benzene rings is 1. The topological polar surface area (TPSA) is 105 Å². The van der Waals surface area contributed by atoms with Gasteiger partial charge in [-0.15, -0.1) is 0 Å². The van der Waals surface area contributed by atoms with Crippen molar-refractivity contribution in [3.63, 3.8) is 0 Å². The molecule has 0 N–H and O–H groups in total. The molecule has 6 nitrogen and oxygen atoms in total. The molecule has 4 atom stereocenters.